The molecule has 0 fully saturated rings. The van der Waals surface area contributed by atoms with Crippen molar-refractivity contribution in [3.8, 4) is 17.1 Å². The van der Waals surface area contributed by atoms with Crippen LogP contribution in [0.15, 0.2) is 97.2 Å². The normalized spacial score (nSPS) is 11.4. The molecular formula is C31H29N3O3. The van der Waals surface area contributed by atoms with E-state index in [-0.39, 0.29) is 0 Å². The standard InChI is InChI=1S/C31H29N3O3/c1-31(2,3)37-30(35)36-29-26(20-23-15-9-5-10-16-23)33-28-25(19-22-13-7-4-8-14-22)32-27(21-34(28)29)24-17-11-6-12-18-24/h4-18,21H,19-20H2,1-3H3. The van der Waals surface area contributed by atoms with Gasteiger partial charge in [0.05, 0.1) is 11.4 Å². The van der Waals surface area contributed by atoms with Gasteiger partial charge < -0.3 is 9.47 Å². The zero-order valence-corrected chi connectivity index (χ0v) is 21.2. The smallest absolute Gasteiger partial charge is 0.428 e. The molecule has 0 bridgehead atoms. The van der Waals surface area contributed by atoms with E-state index < -0.39 is 11.8 Å². The first-order chi connectivity index (χ1) is 17.9. The molecule has 6 nitrogen and oxygen atoms in total. The van der Waals surface area contributed by atoms with Gasteiger partial charge in [0.15, 0.2) is 5.65 Å². The molecular weight excluding hydrogens is 462 g/mol. The molecule has 3 aromatic carbocycles. The fourth-order valence-corrected chi connectivity index (χ4v) is 4.15. The van der Waals surface area contributed by atoms with Crippen LogP contribution in [0.2, 0.25) is 0 Å². The maximum absolute atomic E-state index is 12.8. The van der Waals surface area contributed by atoms with Gasteiger partial charge in [-0.2, -0.15) is 0 Å². The maximum atomic E-state index is 12.8. The summed E-state index contributed by atoms with van der Waals surface area (Å²) in [5, 5.41) is 0. The molecule has 0 unspecified atom stereocenters. The Morgan fingerprint density at radius 3 is 1.86 bits per heavy atom. The van der Waals surface area contributed by atoms with Crippen LogP contribution in [-0.2, 0) is 17.6 Å². The third kappa shape index (κ3) is 5.86. The van der Waals surface area contributed by atoms with Crippen molar-refractivity contribution in [2.24, 2.45) is 0 Å². The van der Waals surface area contributed by atoms with E-state index >= 15 is 0 Å². The second-order valence-corrected chi connectivity index (χ2v) is 9.89. The Morgan fingerprint density at radius 1 is 0.757 bits per heavy atom. The molecule has 0 radical (unpaired) electrons. The topological polar surface area (TPSA) is 65.7 Å². The highest BCUT2D eigenvalue weighted by atomic mass is 16.7. The van der Waals surface area contributed by atoms with Crippen molar-refractivity contribution < 1.29 is 14.3 Å². The fourth-order valence-electron chi connectivity index (χ4n) is 4.15. The van der Waals surface area contributed by atoms with Gasteiger partial charge in [-0.1, -0.05) is 91.0 Å². The number of imidazole rings is 1. The van der Waals surface area contributed by atoms with Crippen molar-refractivity contribution in [1.29, 1.82) is 0 Å². The molecule has 5 rings (SSSR count). The molecule has 6 heteroatoms. The zero-order valence-electron chi connectivity index (χ0n) is 21.2. The predicted molar refractivity (Wildman–Crippen MR) is 144 cm³/mol. The number of benzene rings is 3. The van der Waals surface area contributed by atoms with Crippen molar-refractivity contribution in [2.45, 2.75) is 39.2 Å². The van der Waals surface area contributed by atoms with Gasteiger partial charge >= 0.3 is 6.16 Å². The quantitative estimate of drug-likeness (QED) is 0.242. The number of carbonyl (C=O) groups excluding carboxylic acids is 1. The summed E-state index contributed by atoms with van der Waals surface area (Å²) in [5.41, 5.74) is 5.28. The van der Waals surface area contributed by atoms with Crippen molar-refractivity contribution >= 4 is 11.8 Å². The van der Waals surface area contributed by atoms with Crippen LogP contribution in [0.5, 0.6) is 5.88 Å². The first-order valence-corrected chi connectivity index (χ1v) is 12.3. The SMILES string of the molecule is CC(C)(C)OC(=O)Oc1c(Cc2ccccc2)nc2c(Cc3ccccc3)nc(-c3ccccc3)cn12. The van der Waals surface area contributed by atoms with E-state index in [4.69, 9.17) is 19.4 Å². The highest BCUT2D eigenvalue weighted by molar-refractivity contribution is 5.67. The summed E-state index contributed by atoms with van der Waals surface area (Å²) in [5.74, 6) is 0.335. The van der Waals surface area contributed by atoms with E-state index in [0.29, 0.717) is 30.1 Å². The Hall–Kier alpha value is -4.45. The average Bonchev–Trinajstić information content (AvgIpc) is 3.21. The zero-order chi connectivity index (χ0) is 25.8. The van der Waals surface area contributed by atoms with Gasteiger partial charge in [-0.15, -0.1) is 0 Å². The van der Waals surface area contributed by atoms with Gasteiger partial charge in [0.25, 0.3) is 0 Å². The molecule has 0 aliphatic carbocycles. The summed E-state index contributed by atoms with van der Waals surface area (Å²) < 4.78 is 13.2. The van der Waals surface area contributed by atoms with Crippen LogP contribution in [0.4, 0.5) is 4.79 Å². The van der Waals surface area contributed by atoms with E-state index in [1.54, 1.807) is 0 Å². The average molecular weight is 492 g/mol. The molecule has 186 valence electrons. The number of hydrogen-bond acceptors (Lipinski definition) is 5. The van der Waals surface area contributed by atoms with Gasteiger partial charge in [0.2, 0.25) is 5.88 Å². The van der Waals surface area contributed by atoms with E-state index in [2.05, 4.69) is 12.1 Å². The van der Waals surface area contributed by atoms with Crippen LogP contribution in [0.25, 0.3) is 16.9 Å². The molecule has 0 saturated heterocycles. The molecule has 0 N–H and O–H groups in total. The summed E-state index contributed by atoms with van der Waals surface area (Å²) in [4.78, 5) is 22.8. The number of rotatable bonds is 6. The summed E-state index contributed by atoms with van der Waals surface area (Å²) in [6, 6.07) is 30.1. The van der Waals surface area contributed by atoms with Crippen LogP contribution in [0, 0.1) is 0 Å². The fraction of sp³-hybridized carbons (Fsp3) is 0.194. The Morgan fingerprint density at radius 2 is 1.30 bits per heavy atom. The minimum Gasteiger partial charge on any atom is -0.428 e. The van der Waals surface area contributed by atoms with Crippen LogP contribution >= 0.6 is 0 Å². The maximum Gasteiger partial charge on any atom is 0.515 e. The summed E-state index contributed by atoms with van der Waals surface area (Å²) in [7, 11) is 0. The Kier molecular flexibility index (Phi) is 6.73. The number of fused-ring (bicyclic) bond motifs is 1. The Bertz CT molecular complexity index is 1510. The highest BCUT2D eigenvalue weighted by Gasteiger charge is 2.25. The molecule has 0 spiro atoms. The monoisotopic (exact) mass is 491 g/mol. The number of hydrogen-bond donors (Lipinski definition) is 0. The van der Waals surface area contributed by atoms with Crippen molar-refractivity contribution in [3.05, 3.63) is 120 Å². The van der Waals surface area contributed by atoms with Gasteiger partial charge in [0, 0.05) is 24.6 Å². The lowest BCUT2D eigenvalue weighted by molar-refractivity contribution is 0.0193. The van der Waals surface area contributed by atoms with Crippen molar-refractivity contribution in [2.75, 3.05) is 0 Å². The van der Waals surface area contributed by atoms with Gasteiger partial charge in [-0.05, 0) is 31.9 Å². The number of nitrogens with zero attached hydrogens (tertiary/aromatic N) is 3. The molecule has 0 atom stereocenters. The van der Waals surface area contributed by atoms with Crippen LogP contribution in [0.3, 0.4) is 0 Å². The van der Waals surface area contributed by atoms with E-state index in [1.165, 1.54) is 0 Å². The van der Waals surface area contributed by atoms with Gasteiger partial charge in [-0.25, -0.2) is 14.8 Å². The summed E-state index contributed by atoms with van der Waals surface area (Å²) in [6.07, 6.45) is 2.18. The second kappa shape index (κ2) is 10.3. The largest absolute Gasteiger partial charge is 0.515 e. The first-order valence-electron chi connectivity index (χ1n) is 12.3. The number of ether oxygens (including phenoxy) is 2. The third-order valence-electron chi connectivity index (χ3n) is 5.77. The lowest BCUT2D eigenvalue weighted by Crippen LogP contribution is -2.26. The molecule has 37 heavy (non-hydrogen) atoms. The minimum atomic E-state index is -0.772. The van der Waals surface area contributed by atoms with Gasteiger partial charge in [-0.3, -0.25) is 4.40 Å². The first kappa shape index (κ1) is 24.3. The molecule has 2 aromatic heterocycles. The Labute approximate surface area is 216 Å². The highest BCUT2D eigenvalue weighted by Crippen LogP contribution is 2.30. The van der Waals surface area contributed by atoms with Gasteiger partial charge in [0.1, 0.15) is 11.3 Å². The lowest BCUT2D eigenvalue weighted by Gasteiger charge is -2.19. The predicted octanol–water partition coefficient (Wildman–Crippen LogP) is 6.89. The van der Waals surface area contributed by atoms with E-state index in [0.717, 1.165) is 28.1 Å². The van der Waals surface area contributed by atoms with Crippen LogP contribution < -0.4 is 4.74 Å². The third-order valence-corrected chi connectivity index (χ3v) is 5.77. The lowest BCUT2D eigenvalue weighted by atomic mass is 10.1. The van der Waals surface area contributed by atoms with Crippen LogP contribution in [0.1, 0.15) is 43.3 Å². The minimum absolute atomic E-state index is 0.335. The number of carbonyl (C=O) groups is 1. The van der Waals surface area contributed by atoms with E-state index in [9.17, 15) is 4.79 Å². The molecule has 0 saturated carbocycles. The number of aromatic nitrogens is 3. The van der Waals surface area contributed by atoms with E-state index in [1.807, 2.05) is 110 Å². The molecule has 5 aromatic rings. The Balaban J connectivity index is 1.68. The van der Waals surface area contributed by atoms with Crippen molar-refractivity contribution in [3.63, 3.8) is 0 Å². The van der Waals surface area contributed by atoms with Crippen LogP contribution in [-0.4, -0.2) is 26.1 Å². The van der Waals surface area contributed by atoms with Crippen molar-refractivity contribution in [1.82, 2.24) is 14.4 Å². The molecule has 0 aliphatic rings. The molecule has 0 aliphatic heterocycles. The second-order valence-electron chi connectivity index (χ2n) is 9.89. The summed E-state index contributed by atoms with van der Waals surface area (Å²) >= 11 is 0. The molecule has 0 amide bonds. The molecule has 2 heterocycles. The summed E-state index contributed by atoms with van der Waals surface area (Å²) in [6.45, 7) is 5.43.